The summed E-state index contributed by atoms with van der Waals surface area (Å²) < 4.78 is 11.2. The van der Waals surface area contributed by atoms with Gasteiger partial charge in [-0.3, -0.25) is 4.79 Å². The summed E-state index contributed by atoms with van der Waals surface area (Å²) in [6.45, 7) is 3.70. The molecule has 1 aromatic rings. The molecule has 0 spiro atoms. The van der Waals surface area contributed by atoms with E-state index in [2.05, 4.69) is 12.1 Å². The predicted molar refractivity (Wildman–Crippen MR) is 89.9 cm³/mol. The number of alkyl halides is 1. The lowest BCUT2D eigenvalue weighted by molar-refractivity contribution is -0.130. The number of rotatable bonds is 5. The van der Waals surface area contributed by atoms with Crippen LogP contribution in [0, 0.1) is 5.92 Å². The van der Waals surface area contributed by atoms with Gasteiger partial charge in [0.05, 0.1) is 13.2 Å². The maximum absolute atomic E-state index is 12.2. The monoisotopic (exact) mass is 337 g/mol. The highest BCUT2D eigenvalue weighted by Crippen LogP contribution is 2.26. The number of hydrogen-bond donors (Lipinski definition) is 0. The molecule has 0 saturated carbocycles. The highest BCUT2D eigenvalue weighted by atomic mass is 35.5. The minimum atomic E-state index is -0.00814. The van der Waals surface area contributed by atoms with E-state index < -0.39 is 0 Å². The van der Waals surface area contributed by atoms with E-state index >= 15 is 0 Å². The number of halogens is 1. The highest BCUT2D eigenvalue weighted by molar-refractivity contribution is 6.27. The van der Waals surface area contributed by atoms with Crippen molar-refractivity contribution in [2.24, 2.45) is 5.92 Å². The van der Waals surface area contributed by atoms with Crippen LogP contribution in [0.15, 0.2) is 18.2 Å². The lowest BCUT2D eigenvalue weighted by atomic mass is 10.0. The molecule has 1 saturated heterocycles. The first-order valence-corrected chi connectivity index (χ1v) is 8.96. The predicted octanol–water partition coefficient (Wildman–Crippen LogP) is 3.01. The lowest BCUT2D eigenvalue weighted by Gasteiger charge is -2.30. The first kappa shape index (κ1) is 16.6. The maximum Gasteiger partial charge on any atom is 0.237 e. The van der Waals surface area contributed by atoms with Crippen molar-refractivity contribution in [3.8, 4) is 5.75 Å². The molecule has 0 bridgehead atoms. The molecule has 5 heteroatoms. The van der Waals surface area contributed by atoms with Crippen molar-refractivity contribution >= 4 is 17.5 Å². The smallest absolute Gasteiger partial charge is 0.237 e. The van der Waals surface area contributed by atoms with Crippen molar-refractivity contribution in [3.05, 3.63) is 29.3 Å². The van der Waals surface area contributed by atoms with Gasteiger partial charge in [0.2, 0.25) is 5.91 Å². The molecule has 1 fully saturated rings. The summed E-state index contributed by atoms with van der Waals surface area (Å²) in [6, 6.07) is 6.24. The van der Waals surface area contributed by atoms with Crippen LogP contribution in [0.1, 0.15) is 30.4 Å². The van der Waals surface area contributed by atoms with Crippen LogP contribution < -0.4 is 4.74 Å². The zero-order valence-corrected chi connectivity index (χ0v) is 14.2. The fraction of sp³-hybridized carbons (Fsp3) is 0.611. The number of carbonyl (C=O) groups is 1. The molecule has 2 aliphatic heterocycles. The number of aryl methyl sites for hydroxylation is 1. The van der Waals surface area contributed by atoms with Crippen LogP contribution in [0.2, 0.25) is 0 Å². The Morgan fingerprint density at radius 2 is 2.22 bits per heavy atom. The van der Waals surface area contributed by atoms with Gasteiger partial charge in [0, 0.05) is 19.7 Å². The molecule has 2 aliphatic rings. The van der Waals surface area contributed by atoms with Gasteiger partial charge in [-0.05, 0) is 48.8 Å². The first-order valence-electron chi connectivity index (χ1n) is 8.42. The Kier molecular flexibility index (Phi) is 5.79. The first-order chi connectivity index (χ1) is 11.3. The van der Waals surface area contributed by atoms with E-state index in [1.54, 1.807) is 0 Å². The molecule has 1 unspecified atom stereocenters. The number of fused-ring (bicyclic) bond motifs is 1. The van der Waals surface area contributed by atoms with Gasteiger partial charge >= 0.3 is 0 Å². The minimum Gasteiger partial charge on any atom is -0.493 e. The van der Waals surface area contributed by atoms with Crippen molar-refractivity contribution in [2.75, 3.05) is 32.2 Å². The molecule has 0 aromatic heterocycles. The molecule has 126 valence electrons. The summed E-state index contributed by atoms with van der Waals surface area (Å²) in [7, 11) is 0. The van der Waals surface area contributed by atoms with Gasteiger partial charge in [0.1, 0.15) is 11.6 Å². The Balaban J connectivity index is 1.68. The lowest BCUT2D eigenvalue weighted by Crippen LogP contribution is -2.38. The molecule has 2 heterocycles. The number of carbonyl (C=O) groups excluding carboxylic acids is 1. The minimum absolute atomic E-state index is 0.00814. The Labute approximate surface area is 142 Å². The number of nitrogens with zero attached hydrogens (tertiary/aromatic N) is 1. The quantitative estimate of drug-likeness (QED) is 0.775. The molecule has 1 atom stereocenters. The van der Waals surface area contributed by atoms with Crippen LogP contribution in [-0.2, 0) is 22.5 Å². The summed E-state index contributed by atoms with van der Waals surface area (Å²) >= 11 is 5.80. The Morgan fingerprint density at radius 1 is 1.30 bits per heavy atom. The van der Waals surface area contributed by atoms with Crippen LogP contribution in [-0.4, -0.2) is 43.1 Å². The van der Waals surface area contributed by atoms with E-state index in [0.717, 1.165) is 63.4 Å². The van der Waals surface area contributed by atoms with E-state index in [1.807, 2.05) is 11.0 Å². The molecule has 1 amide bonds. The van der Waals surface area contributed by atoms with Crippen LogP contribution in [0.4, 0.5) is 0 Å². The van der Waals surface area contributed by atoms with E-state index in [4.69, 9.17) is 21.1 Å². The van der Waals surface area contributed by atoms with Gasteiger partial charge in [-0.15, -0.1) is 11.6 Å². The molecule has 1 aromatic carbocycles. The fourth-order valence-electron chi connectivity index (χ4n) is 3.33. The van der Waals surface area contributed by atoms with E-state index in [9.17, 15) is 4.79 Å². The molecule has 0 N–H and O–H groups in total. The standard InChI is InChI=1S/C18H24ClNO3/c19-10-18(21)20(12-15-3-1-7-22-13-15)11-14-5-6-17-16(9-14)4-2-8-23-17/h5-6,9,15H,1-4,7-8,10-13H2. The number of ether oxygens (including phenoxy) is 2. The van der Waals surface area contributed by atoms with Gasteiger partial charge < -0.3 is 14.4 Å². The van der Waals surface area contributed by atoms with Crippen molar-refractivity contribution < 1.29 is 14.3 Å². The fourth-order valence-corrected chi connectivity index (χ4v) is 3.50. The molecular formula is C18H24ClNO3. The Morgan fingerprint density at radius 3 is 3.00 bits per heavy atom. The molecule has 0 aliphatic carbocycles. The summed E-state index contributed by atoms with van der Waals surface area (Å²) in [5, 5.41) is 0. The Hall–Kier alpha value is -1.26. The van der Waals surface area contributed by atoms with Crippen LogP contribution in [0.5, 0.6) is 5.75 Å². The second-order valence-corrected chi connectivity index (χ2v) is 6.65. The van der Waals surface area contributed by atoms with Crippen molar-refractivity contribution in [2.45, 2.75) is 32.2 Å². The zero-order valence-electron chi connectivity index (χ0n) is 13.4. The van der Waals surface area contributed by atoms with Gasteiger partial charge in [0.15, 0.2) is 0 Å². The molecular weight excluding hydrogens is 314 g/mol. The number of benzene rings is 1. The van der Waals surface area contributed by atoms with Crippen molar-refractivity contribution in [1.82, 2.24) is 4.90 Å². The largest absolute Gasteiger partial charge is 0.493 e. The van der Waals surface area contributed by atoms with E-state index in [-0.39, 0.29) is 11.8 Å². The molecule has 3 rings (SSSR count). The van der Waals surface area contributed by atoms with Crippen LogP contribution in [0.25, 0.3) is 0 Å². The molecule has 0 radical (unpaired) electrons. The van der Waals surface area contributed by atoms with Gasteiger partial charge in [-0.2, -0.15) is 0 Å². The van der Waals surface area contributed by atoms with Crippen molar-refractivity contribution in [1.29, 1.82) is 0 Å². The third-order valence-electron chi connectivity index (χ3n) is 4.55. The van der Waals surface area contributed by atoms with E-state index in [0.29, 0.717) is 12.5 Å². The topological polar surface area (TPSA) is 38.8 Å². The number of amides is 1. The summed E-state index contributed by atoms with van der Waals surface area (Å²) in [5.41, 5.74) is 2.39. The summed E-state index contributed by atoms with van der Waals surface area (Å²) in [4.78, 5) is 14.1. The summed E-state index contributed by atoms with van der Waals surface area (Å²) in [6.07, 6.45) is 4.29. The summed E-state index contributed by atoms with van der Waals surface area (Å²) in [5.74, 6) is 1.42. The van der Waals surface area contributed by atoms with Gasteiger partial charge in [0.25, 0.3) is 0 Å². The molecule has 4 nitrogen and oxygen atoms in total. The normalized spacial score (nSPS) is 20.5. The second-order valence-electron chi connectivity index (χ2n) is 6.39. The van der Waals surface area contributed by atoms with Gasteiger partial charge in [-0.25, -0.2) is 0 Å². The average molecular weight is 338 g/mol. The van der Waals surface area contributed by atoms with Gasteiger partial charge in [-0.1, -0.05) is 12.1 Å². The molecule has 23 heavy (non-hydrogen) atoms. The third kappa shape index (κ3) is 4.39. The van der Waals surface area contributed by atoms with E-state index in [1.165, 1.54) is 5.56 Å². The average Bonchev–Trinajstić information content (AvgIpc) is 2.61. The van der Waals surface area contributed by atoms with Crippen molar-refractivity contribution in [3.63, 3.8) is 0 Å². The Bertz CT molecular complexity index is 543. The SMILES string of the molecule is O=C(CCl)N(Cc1ccc2c(c1)CCCO2)CC1CCCOC1. The maximum atomic E-state index is 12.2. The second kappa shape index (κ2) is 8.02. The third-order valence-corrected chi connectivity index (χ3v) is 4.78. The number of hydrogen-bond acceptors (Lipinski definition) is 3. The highest BCUT2D eigenvalue weighted by Gasteiger charge is 2.21. The zero-order chi connectivity index (χ0) is 16.1. The van der Waals surface area contributed by atoms with Crippen LogP contribution in [0.3, 0.4) is 0 Å². The van der Waals surface area contributed by atoms with Crippen LogP contribution >= 0.6 is 11.6 Å².